The largest absolute Gasteiger partial charge is 0.497 e. The number of carbonyl (C=O) groups excluding carboxylic acids is 1. The summed E-state index contributed by atoms with van der Waals surface area (Å²) in [7, 11) is 1.58. The van der Waals surface area contributed by atoms with Crippen LogP contribution in [0.2, 0.25) is 0 Å². The van der Waals surface area contributed by atoms with Crippen LogP contribution in [0.3, 0.4) is 0 Å². The predicted molar refractivity (Wildman–Crippen MR) is 140 cm³/mol. The minimum atomic E-state index is -0.198. The molecule has 6 rings (SSSR count). The molecule has 0 aliphatic carbocycles. The van der Waals surface area contributed by atoms with Gasteiger partial charge in [-0.25, -0.2) is 4.57 Å². The van der Waals surface area contributed by atoms with Crippen molar-refractivity contribution in [2.24, 2.45) is 0 Å². The molecule has 0 spiro atoms. The second-order valence-electron chi connectivity index (χ2n) is 8.54. The van der Waals surface area contributed by atoms with Gasteiger partial charge < -0.3 is 9.64 Å². The molecular formula is C27H23N5O3S. The van der Waals surface area contributed by atoms with Gasteiger partial charge in [0, 0.05) is 18.3 Å². The summed E-state index contributed by atoms with van der Waals surface area (Å²) in [4.78, 5) is 28.6. The van der Waals surface area contributed by atoms with Gasteiger partial charge in [0.15, 0.2) is 5.16 Å². The van der Waals surface area contributed by atoms with Gasteiger partial charge in [-0.05, 0) is 48.7 Å². The van der Waals surface area contributed by atoms with E-state index >= 15 is 0 Å². The molecule has 0 saturated carbocycles. The fourth-order valence-corrected chi connectivity index (χ4v) is 5.57. The molecule has 36 heavy (non-hydrogen) atoms. The Morgan fingerprint density at radius 2 is 1.86 bits per heavy atom. The minimum Gasteiger partial charge on any atom is -0.497 e. The van der Waals surface area contributed by atoms with E-state index in [0.717, 1.165) is 18.5 Å². The van der Waals surface area contributed by atoms with Crippen molar-refractivity contribution in [2.75, 3.05) is 24.3 Å². The highest BCUT2D eigenvalue weighted by atomic mass is 32.2. The van der Waals surface area contributed by atoms with Gasteiger partial charge in [-0.2, -0.15) is 0 Å². The van der Waals surface area contributed by atoms with Crippen molar-refractivity contribution >= 4 is 40.0 Å². The quantitative estimate of drug-likeness (QED) is 0.340. The van der Waals surface area contributed by atoms with Crippen LogP contribution in [0.4, 0.5) is 5.69 Å². The summed E-state index contributed by atoms with van der Waals surface area (Å²) in [6.45, 7) is 0.704. The summed E-state index contributed by atoms with van der Waals surface area (Å²) in [5, 5.41) is 9.85. The third-order valence-corrected chi connectivity index (χ3v) is 7.36. The fraction of sp³-hybridized carbons (Fsp3) is 0.185. The highest BCUT2D eigenvalue weighted by Crippen LogP contribution is 2.29. The van der Waals surface area contributed by atoms with Crippen LogP contribution < -0.4 is 15.2 Å². The van der Waals surface area contributed by atoms with Gasteiger partial charge in [-0.15, -0.1) is 10.2 Å². The Bertz CT molecular complexity index is 1680. The van der Waals surface area contributed by atoms with Crippen molar-refractivity contribution in [2.45, 2.75) is 18.0 Å². The Balaban J connectivity index is 1.41. The number of thioether (sulfide) groups is 1. The van der Waals surface area contributed by atoms with Crippen LogP contribution in [-0.4, -0.2) is 44.5 Å². The van der Waals surface area contributed by atoms with Gasteiger partial charge in [0.2, 0.25) is 11.7 Å². The molecule has 0 radical (unpaired) electrons. The lowest BCUT2D eigenvalue weighted by atomic mass is 10.0. The van der Waals surface area contributed by atoms with E-state index in [1.165, 1.54) is 21.9 Å². The third kappa shape index (κ3) is 3.72. The van der Waals surface area contributed by atoms with Crippen LogP contribution in [0.1, 0.15) is 12.0 Å². The SMILES string of the molecule is COc1cccc(-n2c(=O)c3ccccc3n3c(SCC(=O)N4CCCc5ccccc54)nnc23)c1. The number of carbonyl (C=O) groups is 1. The lowest BCUT2D eigenvalue weighted by Crippen LogP contribution is -2.36. The van der Waals surface area contributed by atoms with E-state index in [0.29, 0.717) is 39.8 Å². The molecule has 0 atom stereocenters. The van der Waals surface area contributed by atoms with Gasteiger partial charge in [0.25, 0.3) is 5.56 Å². The smallest absolute Gasteiger partial charge is 0.267 e. The second kappa shape index (κ2) is 9.16. The molecule has 0 N–H and O–H groups in total. The first-order valence-corrected chi connectivity index (χ1v) is 12.7. The molecule has 1 aliphatic rings. The van der Waals surface area contributed by atoms with Crippen molar-refractivity contribution < 1.29 is 9.53 Å². The molecule has 0 unspecified atom stereocenters. The van der Waals surface area contributed by atoms with Gasteiger partial charge in [-0.1, -0.05) is 48.2 Å². The average Bonchev–Trinajstić information content (AvgIpc) is 3.35. The number of aromatic nitrogens is 4. The number of ether oxygens (including phenoxy) is 1. The highest BCUT2D eigenvalue weighted by molar-refractivity contribution is 7.99. The maximum atomic E-state index is 13.5. The second-order valence-corrected chi connectivity index (χ2v) is 9.49. The van der Waals surface area contributed by atoms with E-state index in [1.807, 2.05) is 63.9 Å². The van der Waals surface area contributed by atoms with Crippen molar-refractivity contribution in [3.05, 3.63) is 88.7 Å². The molecule has 0 bridgehead atoms. The predicted octanol–water partition coefficient (Wildman–Crippen LogP) is 4.11. The zero-order valence-electron chi connectivity index (χ0n) is 19.6. The summed E-state index contributed by atoms with van der Waals surface area (Å²) < 4.78 is 8.74. The summed E-state index contributed by atoms with van der Waals surface area (Å²) in [5.74, 6) is 1.24. The number of amides is 1. The number of fused-ring (bicyclic) bond motifs is 4. The van der Waals surface area contributed by atoms with Crippen LogP contribution >= 0.6 is 11.8 Å². The van der Waals surface area contributed by atoms with Gasteiger partial charge in [0.1, 0.15) is 5.75 Å². The average molecular weight is 498 g/mol. The molecular weight excluding hydrogens is 474 g/mol. The van der Waals surface area contributed by atoms with E-state index in [1.54, 1.807) is 19.2 Å². The lowest BCUT2D eigenvalue weighted by molar-refractivity contribution is -0.116. The van der Waals surface area contributed by atoms with E-state index < -0.39 is 0 Å². The van der Waals surface area contributed by atoms with Crippen LogP contribution in [0.25, 0.3) is 22.4 Å². The number of methoxy groups -OCH3 is 1. The van der Waals surface area contributed by atoms with Crippen LogP contribution in [-0.2, 0) is 11.2 Å². The normalized spacial score (nSPS) is 13.2. The number of anilines is 1. The fourth-order valence-electron chi connectivity index (χ4n) is 4.75. The molecule has 1 amide bonds. The molecule has 8 nitrogen and oxygen atoms in total. The van der Waals surface area contributed by atoms with Crippen molar-refractivity contribution in [1.82, 2.24) is 19.2 Å². The van der Waals surface area contributed by atoms with E-state index in [9.17, 15) is 9.59 Å². The standard InChI is InChI=1S/C27H23N5O3S/c1-35-20-11-6-10-19(16-20)31-25(34)21-12-3-5-14-23(21)32-26(31)28-29-27(32)36-17-24(33)30-15-7-9-18-8-2-4-13-22(18)30/h2-6,8,10-14,16H,7,9,15,17H2,1H3. The van der Waals surface area contributed by atoms with Gasteiger partial charge >= 0.3 is 0 Å². The number of benzene rings is 3. The number of para-hydroxylation sites is 2. The minimum absolute atomic E-state index is 0.0225. The van der Waals surface area contributed by atoms with Crippen molar-refractivity contribution in [1.29, 1.82) is 0 Å². The van der Waals surface area contributed by atoms with Crippen LogP contribution in [0.5, 0.6) is 5.75 Å². The number of aryl methyl sites for hydroxylation is 1. The Morgan fingerprint density at radius 1 is 1.03 bits per heavy atom. The lowest BCUT2D eigenvalue weighted by Gasteiger charge is -2.29. The monoisotopic (exact) mass is 497 g/mol. The molecule has 9 heteroatoms. The third-order valence-electron chi connectivity index (χ3n) is 6.44. The molecule has 0 saturated heterocycles. The van der Waals surface area contributed by atoms with E-state index in [4.69, 9.17) is 4.74 Å². The summed E-state index contributed by atoms with van der Waals surface area (Å²) in [6, 6.07) is 22.7. The maximum absolute atomic E-state index is 13.5. The zero-order valence-corrected chi connectivity index (χ0v) is 20.4. The molecule has 1 aliphatic heterocycles. The number of nitrogens with zero attached hydrogens (tertiary/aromatic N) is 5. The summed E-state index contributed by atoms with van der Waals surface area (Å²) in [5.41, 5.74) is 3.30. The molecule has 2 aromatic heterocycles. The number of rotatable bonds is 5. The molecule has 3 aromatic carbocycles. The topological polar surface area (TPSA) is 81.7 Å². The van der Waals surface area contributed by atoms with Crippen molar-refractivity contribution in [3.8, 4) is 11.4 Å². The van der Waals surface area contributed by atoms with Gasteiger partial charge in [-0.3, -0.25) is 14.0 Å². The van der Waals surface area contributed by atoms with Crippen LogP contribution in [0, 0.1) is 0 Å². The molecule has 180 valence electrons. The zero-order chi connectivity index (χ0) is 24.6. The highest BCUT2D eigenvalue weighted by Gasteiger charge is 2.24. The Kier molecular flexibility index (Phi) is 5.69. The number of hydrogen-bond donors (Lipinski definition) is 0. The Morgan fingerprint density at radius 3 is 2.75 bits per heavy atom. The maximum Gasteiger partial charge on any atom is 0.267 e. The molecule has 0 fully saturated rings. The number of hydrogen-bond acceptors (Lipinski definition) is 6. The van der Waals surface area contributed by atoms with E-state index in [2.05, 4.69) is 16.3 Å². The first-order chi connectivity index (χ1) is 17.7. The first kappa shape index (κ1) is 22.4. The van der Waals surface area contributed by atoms with Gasteiger partial charge in [0.05, 0.1) is 29.5 Å². The van der Waals surface area contributed by atoms with Crippen molar-refractivity contribution in [3.63, 3.8) is 0 Å². The molecule has 3 heterocycles. The Labute approximate surface area is 211 Å². The Hall–Kier alpha value is -4.11. The van der Waals surface area contributed by atoms with Crippen LogP contribution in [0.15, 0.2) is 82.7 Å². The summed E-state index contributed by atoms with van der Waals surface area (Å²) in [6.07, 6.45) is 1.93. The van der Waals surface area contributed by atoms with E-state index in [-0.39, 0.29) is 17.2 Å². The first-order valence-electron chi connectivity index (χ1n) is 11.7. The summed E-state index contributed by atoms with van der Waals surface area (Å²) >= 11 is 1.32. The molecule has 5 aromatic rings.